The molecule has 0 radical (unpaired) electrons. The lowest BCUT2D eigenvalue weighted by molar-refractivity contribution is -0.142. The number of hydrogen-bond donors (Lipinski definition) is 1. The van der Waals surface area contributed by atoms with Crippen LogP contribution in [-0.2, 0) is 11.3 Å². The van der Waals surface area contributed by atoms with E-state index >= 15 is 0 Å². The molecule has 4 rings (SSSR count). The number of carbonyl (C=O) groups is 1. The van der Waals surface area contributed by atoms with Crippen LogP contribution in [0.5, 0.6) is 0 Å². The van der Waals surface area contributed by atoms with E-state index in [9.17, 15) is 9.90 Å². The van der Waals surface area contributed by atoms with Crippen LogP contribution in [0, 0.1) is 11.8 Å². The fourth-order valence-corrected chi connectivity index (χ4v) is 4.88. The van der Waals surface area contributed by atoms with Gasteiger partial charge < -0.3 is 10.0 Å². The second kappa shape index (κ2) is 7.12. The number of piperazine rings is 1. The number of carboxylic acid groups (broad SMARTS) is 1. The summed E-state index contributed by atoms with van der Waals surface area (Å²) in [4.78, 5) is 20.5. The quantitative estimate of drug-likeness (QED) is 0.876. The topological polar surface area (TPSA) is 47.0 Å². The Kier molecular flexibility index (Phi) is 4.90. The second-order valence-corrected chi connectivity index (χ2v) is 8.69. The van der Waals surface area contributed by atoms with Gasteiger partial charge in [0.25, 0.3) is 0 Å². The number of thiophene rings is 1. The molecular formula is C18H27N3O2S. The summed E-state index contributed by atoms with van der Waals surface area (Å²) in [6.45, 7) is 7.71. The van der Waals surface area contributed by atoms with Crippen molar-refractivity contribution in [1.82, 2.24) is 14.7 Å². The third-order valence-corrected chi connectivity index (χ3v) is 6.47. The highest BCUT2D eigenvalue weighted by Crippen LogP contribution is 2.31. The van der Waals surface area contributed by atoms with Gasteiger partial charge in [0.15, 0.2) is 0 Å². The number of fused-ring (bicyclic) bond motifs is 1. The van der Waals surface area contributed by atoms with Crippen LogP contribution < -0.4 is 0 Å². The van der Waals surface area contributed by atoms with E-state index in [-0.39, 0.29) is 5.92 Å². The first kappa shape index (κ1) is 16.5. The first-order chi connectivity index (χ1) is 11.7. The van der Waals surface area contributed by atoms with Crippen molar-refractivity contribution in [2.45, 2.75) is 25.4 Å². The van der Waals surface area contributed by atoms with E-state index in [0.29, 0.717) is 12.6 Å². The average molecular weight is 350 g/mol. The van der Waals surface area contributed by atoms with Gasteiger partial charge in [0.05, 0.1) is 5.92 Å². The molecule has 2 aliphatic heterocycles. The zero-order valence-corrected chi connectivity index (χ0v) is 15.0. The van der Waals surface area contributed by atoms with Gasteiger partial charge in [0.1, 0.15) is 0 Å². The molecule has 2 unspecified atom stereocenters. The summed E-state index contributed by atoms with van der Waals surface area (Å²) in [6, 6.07) is 4.81. The molecule has 1 aromatic heterocycles. The zero-order valence-electron chi connectivity index (χ0n) is 14.1. The summed E-state index contributed by atoms with van der Waals surface area (Å²) in [7, 11) is 0. The number of rotatable bonds is 5. The van der Waals surface area contributed by atoms with E-state index in [0.717, 1.165) is 51.7 Å². The van der Waals surface area contributed by atoms with Crippen LogP contribution in [0.1, 0.15) is 17.7 Å². The Bertz CT molecular complexity index is 561. The van der Waals surface area contributed by atoms with E-state index in [1.807, 2.05) is 11.3 Å². The van der Waals surface area contributed by atoms with Crippen molar-refractivity contribution in [3.05, 3.63) is 22.4 Å². The van der Waals surface area contributed by atoms with Gasteiger partial charge in [0, 0.05) is 63.3 Å². The van der Waals surface area contributed by atoms with Crippen LogP contribution in [0.15, 0.2) is 17.5 Å². The maximum absolute atomic E-state index is 11.6. The highest BCUT2D eigenvalue weighted by atomic mass is 32.1. The maximum atomic E-state index is 11.6. The molecule has 0 aromatic carbocycles. The fourth-order valence-electron chi connectivity index (χ4n) is 4.13. The minimum absolute atomic E-state index is 0.238. The molecule has 1 aromatic rings. The van der Waals surface area contributed by atoms with Gasteiger partial charge in [-0.05, 0) is 30.2 Å². The SMILES string of the molecule is O=C(O)C1CN(CC2CC2)CC2CN(Cc3cccs3)CCN2C1. The van der Waals surface area contributed by atoms with Crippen LogP contribution in [-0.4, -0.2) is 77.6 Å². The van der Waals surface area contributed by atoms with Crippen molar-refractivity contribution in [3.8, 4) is 0 Å². The van der Waals surface area contributed by atoms with Crippen LogP contribution in [0.3, 0.4) is 0 Å². The maximum Gasteiger partial charge on any atom is 0.309 e. The number of carboxylic acids is 1. The Balaban J connectivity index is 1.42. The molecule has 1 saturated carbocycles. The van der Waals surface area contributed by atoms with Crippen molar-refractivity contribution >= 4 is 17.3 Å². The smallest absolute Gasteiger partial charge is 0.309 e. The van der Waals surface area contributed by atoms with Gasteiger partial charge in [-0.3, -0.25) is 14.6 Å². The van der Waals surface area contributed by atoms with E-state index in [1.165, 1.54) is 17.7 Å². The van der Waals surface area contributed by atoms with E-state index in [4.69, 9.17) is 0 Å². The lowest BCUT2D eigenvalue weighted by Crippen LogP contribution is -2.55. The first-order valence-corrected chi connectivity index (χ1v) is 9.99. The van der Waals surface area contributed by atoms with Crippen LogP contribution in [0.2, 0.25) is 0 Å². The van der Waals surface area contributed by atoms with Crippen LogP contribution in [0.25, 0.3) is 0 Å². The monoisotopic (exact) mass is 349 g/mol. The summed E-state index contributed by atoms with van der Waals surface area (Å²) in [5.41, 5.74) is 0. The van der Waals surface area contributed by atoms with E-state index < -0.39 is 5.97 Å². The molecule has 2 atom stereocenters. The number of aliphatic carboxylic acids is 1. The summed E-state index contributed by atoms with van der Waals surface area (Å²) >= 11 is 1.83. The van der Waals surface area contributed by atoms with Gasteiger partial charge in [-0.1, -0.05) is 6.07 Å². The Morgan fingerprint density at radius 1 is 1.17 bits per heavy atom. The summed E-state index contributed by atoms with van der Waals surface area (Å²) < 4.78 is 0. The molecule has 3 aliphatic rings. The van der Waals surface area contributed by atoms with E-state index in [2.05, 4.69) is 32.2 Å². The molecule has 5 nitrogen and oxygen atoms in total. The van der Waals surface area contributed by atoms with Crippen molar-refractivity contribution in [2.75, 3.05) is 45.8 Å². The Labute approximate surface area is 147 Å². The molecule has 0 bridgehead atoms. The molecule has 24 heavy (non-hydrogen) atoms. The van der Waals surface area contributed by atoms with Crippen molar-refractivity contribution < 1.29 is 9.90 Å². The normalized spacial score (nSPS) is 30.0. The molecule has 0 amide bonds. The van der Waals surface area contributed by atoms with Crippen molar-refractivity contribution in [2.24, 2.45) is 11.8 Å². The number of nitrogens with zero attached hydrogens (tertiary/aromatic N) is 3. The molecule has 1 N–H and O–H groups in total. The molecule has 1 aliphatic carbocycles. The summed E-state index contributed by atoms with van der Waals surface area (Å²) in [5, 5.41) is 11.7. The molecule has 0 spiro atoms. The molecule has 3 heterocycles. The number of hydrogen-bond acceptors (Lipinski definition) is 5. The Hall–Kier alpha value is -0.950. The highest BCUT2D eigenvalue weighted by molar-refractivity contribution is 7.09. The van der Waals surface area contributed by atoms with Gasteiger partial charge in [-0.2, -0.15) is 0 Å². The summed E-state index contributed by atoms with van der Waals surface area (Å²) in [5.74, 6) is -0.0492. The third-order valence-electron chi connectivity index (χ3n) is 5.61. The van der Waals surface area contributed by atoms with Crippen LogP contribution in [0.4, 0.5) is 0 Å². The predicted molar refractivity (Wildman–Crippen MR) is 95.2 cm³/mol. The molecular weight excluding hydrogens is 322 g/mol. The highest BCUT2D eigenvalue weighted by Gasteiger charge is 2.37. The lowest BCUT2D eigenvalue weighted by atomic mass is 10.1. The standard InChI is InChI=1S/C18H27N3O2S/c22-18(23)15-9-20(8-14-3-4-14)12-16-11-19(5-6-21(16)10-15)13-17-2-1-7-24-17/h1-2,7,14-16H,3-6,8-13H2,(H,22,23). The van der Waals surface area contributed by atoms with Crippen molar-refractivity contribution in [1.29, 1.82) is 0 Å². The van der Waals surface area contributed by atoms with E-state index in [1.54, 1.807) is 0 Å². The average Bonchev–Trinajstić information content (AvgIpc) is 3.26. The Morgan fingerprint density at radius 3 is 2.71 bits per heavy atom. The molecule has 2 saturated heterocycles. The van der Waals surface area contributed by atoms with Crippen LogP contribution >= 0.6 is 11.3 Å². The molecule has 132 valence electrons. The van der Waals surface area contributed by atoms with Gasteiger partial charge >= 0.3 is 5.97 Å². The second-order valence-electron chi connectivity index (χ2n) is 7.66. The summed E-state index contributed by atoms with van der Waals surface area (Å²) in [6.07, 6.45) is 2.65. The zero-order chi connectivity index (χ0) is 16.5. The van der Waals surface area contributed by atoms with Gasteiger partial charge in [-0.25, -0.2) is 0 Å². The first-order valence-electron chi connectivity index (χ1n) is 9.11. The third kappa shape index (κ3) is 3.99. The molecule has 3 fully saturated rings. The fraction of sp³-hybridized carbons (Fsp3) is 0.722. The minimum atomic E-state index is -0.627. The van der Waals surface area contributed by atoms with Crippen molar-refractivity contribution in [3.63, 3.8) is 0 Å². The lowest BCUT2D eigenvalue weighted by Gasteiger charge is -2.41. The minimum Gasteiger partial charge on any atom is -0.481 e. The Morgan fingerprint density at radius 2 is 2.00 bits per heavy atom. The van der Waals surface area contributed by atoms with Gasteiger partial charge in [0.2, 0.25) is 0 Å². The predicted octanol–water partition coefficient (Wildman–Crippen LogP) is 1.66. The van der Waals surface area contributed by atoms with Gasteiger partial charge in [-0.15, -0.1) is 11.3 Å². The molecule has 6 heteroatoms. The largest absolute Gasteiger partial charge is 0.481 e.